The summed E-state index contributed by atoms with van der Waals surface area (Å²) < 4.78 is 0. The highest BCUT2D eigenvalue weighted by Crippen LogP contribution is 2.24. The van der Waals surface area contributed by atoms with E-state index in [1.54, 1.807) is 12.1 Å². The van der Waals surface area contributed by atoms with Crippen LogP contribution in [-0.2, 0) is 11.2 Å². The Bertz CT molecular complexity index is 510. The van der Waals surface area contributed by atoms with Crippen molar-refractivity contribution in [3.8, 4) is 0 Å². The molecule has 0 aromatic heterocycles. The molecule has 1 atom stereocenters. The second-order valence-electron chi connectivity index (χ2n) is 4.99. The van der Waals surface area contributed by atoms with E-state index in [9.17, 15) is 14.9 Å². The van der Waals surface area contributed by atoms with E-state index >= 15 is 0 Å². The van der Waals surface area contributed by atoms with Gasteiger partial charge in [-0.3, -0.25) is 14.9 Å². The fraction of sp³-hybridized carbons (Fsp3) is 0.500. The van der Waals surface area contributed by atoms with Gasteiger partial charge in [0.2, 0.25) is 5.91 Å². The first-order valence-corrected chi connectivity index (χ1v) is 6.90. The van der Waals surface area contributed by atoms with Gasteiger partial charge in [-0.15, -0.1) is 0 Å². The number of nitrogens with one attached hydrogen (secondary N) is 2. The summed E-state index contributed by atoms with van der Waals surface area (Å²) in [6.45, 7) is 3.48. The van der Waals surface area contributed by atoms with Crippen LogP contribution in [0.2, 0.25) is 0 Å². The number of carbonyl (C=O) groups is 1. The van der Waals surface area contributed by atoms with Gasteiger partial charge in [-0.05, 0) is 31.9 Å². The number of amides is 1. The fourth-order valence-electron chi connectivity index (χ4n) is 2.43. The average molecular weight is 277 g/mol. The number of aryl methyl sites for hydroxylation is 1. The van der Waals surface area contributed by atoms with E-state index in [1.165, 1.54) is 6.07 Å². The third-order valence-electron chi connectivity index (χ3n) is 3.60. The predicted molar refractivity (Wildman–Crippen MR) is 76.7 cm³/mol. The lowest BCUT2D eigenvalue weighted by molar-refractivity contribution is -0.385. The highest BCUT2D eigenvalue weighted by molar-refractivity contribution is 5.93. The zero-order valence-corrected chi connectivity index (χ0v) is 11.5. The van der Waals surface area contributed by atoms with E-state index in [0.717, 1.165) is 19.4 Å². The average Bonchev–Trinajstić information content (AvgIpc) is 2.48. The van der Waals surface area contributed by atoms with E-state index in [1.807, 2.05) is 6.92 Å². The van der Waals surface area contributed by atoms with Crippen molar-refractivity contribution in [2.45, 2.75) is 26.2 Å². The monoisotopic (exact) mass is 277 g/mol. The molecule has 20 heavy (non-hydrogen) atoms. The summed E-state index contributed by atoms with van der Waals surface area (Å²) in [5, 5.41) is 17.0. The summed E-state index contributed by atoms with van der Waals surface area (Å²) in [5.41, 5.74) is 1.23. The van der Waals surface area contributed by atoms with E-state index in [-0.39, 0.29) is 17.5 Å². The number of hydrogen-bond acceptors (Lipinski definition) is 4. The molecule has 108 valence electrons. The standard InChI is InChI=1S/C14H19N3O3/c1-2-10-5-6-12(8-13(10)17(19)20)16-14(18)11-4-3-7-15-9-11/h5-6,8,11,15H,2-4,7,9H2,1H3,(H,16,18). The first-order chi connectivity index (χ1) is 9.61. The smallest absolute Gasteiger partial charge is 0.274 e. The van der Waals surface area contributed by atoms with Crippen LogP contribution >= 0.6 is 0 Å². The van der Waals surface area contributed by atoms with Crippen LogP contribution < -0.4 is 10.6 Å². The number of nitro groups is 1. The normalized spacial score (nSPS) is 18.6. The van der Waals surface area contributed by atoms with Crippen LogP contribution in [-0.4, -0.2) is 23.9 Å². The summed E-state index contributed by atoms with van der Waals surface area (Å²) in [6, 6.07) is 4.86. The van der Waals surface area contributed by atoms with E-state index in [2.05, 4.69) is 10.6 Å². The molecule has 1 saturated heterocycles. The summed E-state index contributed by atoms with van der Waals surface area (Å²) in [5.74, 6) is -0.135. The highest BCUT2D eigenvalue weighted by Gasteiger charge is 2.21. The number of carbonyl (C=O) groups excluding carboxylic acids is 1. The van der Waals surface area contributed by atoms with Gasteiger partial charge in [-0.2, -0.15) is 0 Å². The number of benzene rings is 1. The SMILES string of the molecule is CCc1ccc(NC(=O)C2CCCNC2)cc1[N+](=O)[O-]. The maximum Gasteiger partial charge on any atom is 0.274 e. The molecule has 0 radical (unpaired) electrons. The molecule has 2 N–H and O–H groups in total. The molecule has 1 unspecified atom stereocenters. The highest BCUT2D eigenvalue weighted by atomic mass is 16.6. The fourth-order valence-corrected chi connectivity index (χ4v) is 2.43. The van der Waals surface area contributed by atoms with Crippen molar-refractivity contribution in [3.63, 3.8) is 0 Å². The second-order valence-corrected chi connectivity index (χ2v) is 4.99. The molecule has 2 rings (SSSR count). The minimum Gasteiger partial charge on any atom is -0.326 e. The van der Waals surface area contributed by atoms with Gasteiger partial charge in [-0.1, -0.05) is 13.0 Å². The molecule has 1 fully saturated rings. The zero-order valence-electron chi connectivity index (χ0n) is 11.5. The van der Waals surface area contributed by atoms with Gasteiger partial charge in [0.15, 0.2) is 0 Å². The van der Waals surface area contributed by atoms with Gasteiger partial charge in [0.1, 0.15) is 0 Å². The summed E-state index contributed by atoms with van der Waals surface area (Å²) >= 11 is 0. The van der Waals surface area contributed by atoms with Crippen molar-refractivity contribution in [2.24, 2.45) is 5.92 Å². The number of hydrogen-bond donors (Lipinski definition) is 2. The predicted octanol–water partition coefficient (Wildman–Crippen LogP) is 2.10. The maximum absolute atomic E-state index is 12.1. The first-order valence-electron chi connectivity index (χ1n) is 6.90. The van der Waals surface area contributed by atoms with Crippen LogP contribution in [0.25, 0.3) is 0 Å². The number of nitro benzene ring substituents is 1. The van der Waals surface area contributed by atoms with Crippen molar-refractivity contribution in [1.29, 1.82) is 0 Å². The number of anilines is 1. The largest absolute Gasteiger partial charge is 0.326 e. The van der Waals surface area contributed by atoms with Crippen LogP contribution in [0.1, 0.15) is 25.3 Å². The molecule has 6 heteroatoms. The molecule has 1 heterocycles. The summed E-state index contributed by atoms with van der Waals surface area (Å²) in [7, 11) is 0. The van der Waals surface area contributed by atoms with Gasteiger partial charge < -0.3 is 10.6 Å². The quantitative estimate of drug-likeness (QED) is 0.652. The number of piperidine rings is 1. The van der Waals surface area contributed by atoms with Gasteiger partial charge in [0.05, 0.1) is 10.8 Å². The Labute approximate surface area is 117 Å². The van der Waals surface area contributed by atoms with E-state index < -0.39 is 4.92 Å². The lowest BCUT2D eigenvalue weighted by Crippen LogP contribution is -2.37. The van der Waals surface area contributed by atoms with Gasteiger partial charge in [0.25, 0.3) is 5.69 Å². The third kappa shape index (κ3) is 3.33. The molecule has 1 aliphatic heterocycles. The number of nitrogens with zero attached hydrogens (tertiary/aromatic N) is 1. The Hall–Kier alpha value is -1.95. The Morgan fingerprint density at radius 1 is 1.55 bits per heavy atom. The van der Waals surface area contributed by atoms with Gasteiger partial charge in [0, 0.05) is 23.9 Å². The Kier molecular flexibility index (Phi) is 4.68. The number of rotatable bonds is 4. The van der Waals surface area contributed by atoms with Crippen LogP contribution in [0.3, 0.4) is 0 Å². The van der Waals surface area contributed by atoms with Crippen LogP contribution in [0.4, 0.5) is 11.4 Å². The summed E-state index contributed by atoms with van der Waals surface area (Å²) in [6.07, 6.45) is 2.43. The molecule has 6 nitrogen and oxygen atoms in total. The molecular formula is C14H19N3O3. The first kappa shape index (κ1) is 14.5. The molecule has 1 amide bonds. The van der Waals surface area contributed by atoms with Gasteiger partial charge in [-0.25, -0.2) is 0 Å². The molecule has 0 spiro atoms. The second kappa shape index (κ2) is 6.47. The molecule has 1 aromatic rings. The molecule has 1 aromatic carbocycles. The van der Waals surface area contributed by atoms with Crippen molar-refractivity contribution in [3.05, 3.63) is 33.9 Å². The third-order valence-corrected chi connectivity index (χ3v) is 3.60. The Morgan fingerprint density at radius 2 is 2.35 bits per heavy atom. The molecule has 0 aliphatic carbocycles. The van der Waals surface area contributed by atoms with Crippen molar-refractivity contribution < 1.29 is 9.72 Å². The summed E-state index contributed by atoms with van der Waals surface area (Å²) in [4.78, 5) is 22.7. The molecule has 1 aliphatic rings. The minimum absolute atomic E-state index is 0.0614. The van der Waals surface area contributed by atoms with E-state index in [4.69, 9.17) is 0 Å². The van der Waals surface area contributed by atoms with Gasteiger partial charge >= 0.3 is 0 Å². The lowest BCUT2D eigenvalue weighted by atomic mass is 9.98. The van der Waals surface area contributed by atoms with Crippen LogP contribution in [0.5, 0.6) is 0 Å². The van der Waals surface area contributed by atoms with Crippen molar-refractivity contribution in [2.75, 3.05) is 18.4 Å². The van der Waals surface area contributed by atoms with Crippen molar-refractivity contribution >= 4 is 17.3 Å². The van der Waals surface area contributed by atoms with Crippen molar-refractivity contribution in [1.82, 2.24) is 5.32 Å². The Morgan fingerprint density at radius 3 is 2.95 bits per heavy atom. The lowest BCUT2D eigenvalue weighted by Gasteiger charge is -2.21. The zero-order chi connectivity index (χ0) is 14.5. The molecule has 0 bridgehead atoms. The molecular weight excluding hydrogens is 258 g/mol. The van der Waals surface area contributed by atoms with Crippen LogP contribution in [0.15, 0.2) is 18.2 Å². The topological polar surface area (TPSA) is 84.3 Å². The minimum atomic E-state index is -0.406. The van der Waals surface area contributed by atoms with E-state index in [0.29, 0.717) is 24.2 Å². The molecule has 0 saturated carbocycles. The Balaban J connectivity index is 2.10. The van der Waals surface area contributed by atoms with Crippen LogP contribution in [0, 0.1) is 16.0 Å². The maximum atomic E-state index is 12.1.